The van der Waals surface area contributed by atoms with E-state index in [0.29, 0.717) is 12.2 Å². The van der Waals surface area contributed by atoms with Crippen LogP contribution >= 0.6 is 11.3 Å². The van der Waals surface area contributed by atoms with Crippen LogP contribution in [0.5, 0.6) is 0 Å². The first-order chi connectivity index (χ1) is 14.1. The molecule has 0 saturated carbocycles. The number of piperazine rings is 1. The molecule has 3 aromatic heterocycles. The van der Waals surface area contributed by atoms with Crippen LogP contribution in [0.15, 0.2) is 52.8 Å². The summed E-state index contributed by atoms with van der Waals surface area (Å²) in [7, 11) is 2.11. The molecule has 3 aromatic rings. The van der Waals surface area contributed by atoms with Crippen molar-refractivity contribution in [3.05, 3.63) is 69.5 Å². The molecule has 0 atom stereocenters. The van der Waals surface area contributed by atoms with E-state index in [-0.39, 0.29) is 11.1 Å². The van der Waals surface area contributed by atoms with E-state index < -0.39 is 5.91 Å². The maximum absolute atomic E-state index is 12.6. The maximum atomic E-state index is 12.6. The van der Waals surface area contributed by atoms with Crippen LogP contribution in [-0.2, 0) is 6.54 Å². The fourth-order valence-corrected chi connectivity index (χ4v) is 4.08. The molecule has 1 aliphatic heterocycles. The van der Waals surface area contributed by atoms with Crippen molar-refractivity contribution in [2.45, 2.75) is 6.54 Å². The van der Waals surface area contributed by atoms with Crippen LogP contribution in [0.2, 0.25) is 0 Å². The molecule has 1 saturated heterocycles. The van der Waals surface area contributed by atoms with Gasteiger partial charge in [0.2, 0.25) is 0 Å². The van der Waals surface area contributed by atoms with Crippen molar-refractivity contribution >= 4 is 23.1 Å². The number of nitrogens with zero attached hydrogens (tertiary/aromatic N) is 3. The molecule has 29 heavy (non-hydrogen) atoms. The van der Waals surface area contributed by atoms with Gasteiger partial charge in [0.1, 0.15) is 11.4 Å². The molecule has 4 heterocycles. The molecule has 8 heteroatoms. The molecule has 0 radical (unpaired) electrons. The molecular formula is C21H23N5O2S. The zero-order valence-electron chi connectivity index (χ0n) is 16.2. The monoisotopic (exact) mass is 409 g/mol. The fourth-order valence-electron chi connectivity index (χ4n) is 3.37. The minimum atomic E-state index is -0.392. The summed E-state index contributed by atoms with van der Waals surface area (Å²) in [6.07, 6.45) is 1.77. The predicted octanol–water partition coefficient (Wildman–Crippen LogP) is 2.18. The Hall–Kier alpha value is -2.97. The first kappa shape index (κ1) is 19.4. The predicted molar refractivity (Wildman–Crippen MR) is 115 cm³/mol. The van der Waals surface area contributed by atoms with E-state index in [4.69, 9.17) is 0 Å². The zero-order chi connectivity index (χ0) is 20.2. The molecular weight excluding hydrogens is 386 g/mol. The van der Waals surface area contributed by atoms with Gasteiger partial charge >= 0.3 is 0 Å². The van der Waals surface area contributed by atoms with E-state index in [0.717, 1.165) is 42.4 Å². The lowest BCUT2D eigenvalue weighted by Crippen LogP contribution is -2.45. The van der Waals surface area contributed by atoms with E-state index in [1.54, 1.807) is 18.3 Å². The normalized spacial score (nSPS) is 14.7. The van der Waals surface area contributed by atoms with Gasteiger partial charge in [-0.05, 0) is 36.7 Å². The number of thiophene rings is 1. The van der Waals surface area contributed by atoms with E-state index in [1.165, 1.54) is 11.3 Å². The molecule has 0 spiro atoms. The number of carbonyl (C=O) groups excluding carboxylic acids is 1. The average Bonchev–Trinajstić information content (AvgIpc) is 3.28. The van der Waals surface area contributed by atoms with Crippen molar-refractivity contribution in [2.75, 3.05) is 38.1 Å². The van der Waals surface area contributed by atoms with E-state index >= 15 is 0 Å². The van der Waals surface area contributed by atoms with Crippen LogP contribution in [0.1, 0.15) is 15.9 Å². The lowest BCUT2D eigenvalue weighted by Gasteiger charge is -2.34. The fraction of sp³-hybridized carbons (Fsp3) is 0.286. The Kier molecular flexibility index (Phi) is 5.73. The Balaban J connectivity index is 1.46. The van der Waals surface area contributed by atoms with Crippen LogP contribution in [0.3, 0.4) is 0 Å². The van der Waals surface area contributed by atoms with Crippen LogP contribution < -0.4 is 15.8 Å². The van der Waals surface area contributed by atoms with Crippen molar-refractivity contribution in [3.8, 4) is 10.6 Å². The standard InChI is InChI=1S/C21H23N5O2S/c1-25-9-11-26(12-10-25)19-15(4-2-8-22-19)14-23-20(27)16-6-7-17(24-21(16)28)18-5-3-13-29-18/h2-8,13H,9-12,14H2,1H3,(H,23,27)(H,24,28). The van der Waals surface area contributed by atoms with Gasteiger partial charge in [-0.15, -0.1) is 11.3 Å². The third kappa shape index (κ3) is 4.38. The van der Waals surface area contributed by atoms with Crippen molar-refractivity contribution in [3.63, 3.8) is 0 Å². The number of aromatic nitrogens is 2. The number of likely N-dealkylation sites (N-methyl/N-ethyl adjacent to an activating group) is 1. The second-order valence-electron chi connectivity index (χ2n) is 7.05. The Morgan fingerprint density at radius 3 is 2.72 bits per heavy atom. The number of nitrogens with one attached hydrogen (secondary N) is 2. The Bertz CT molecular complexity index is 1040. The summed E-state index contributed by atoms with van der Waals surface area (Å²) in [4.78, 5) is 37.8. The highest BCUT2D eigenvalue weighted by Crippen LogP contribution is 2.21. The molecule has 2 N–H and O–H groups in total. The van der Waals surface area contributed by atoms with Crippen molar-refractivity contribution in [1.82, 2.24) is 20.2 Å². The molecule has 1 fully saturated rings. The summed E-state index contributed by atoms with van der Waals surface area (Å²) in [6, 6.07) is 11.0. The van der Waals surface area contributed by atoms with Gasteiger partial charge in [0.05, 0.1) is 10.6 Å². The molecule has 0 unspecified atom stereocenters. The lowest BCUT2D eigenvalue weighted by atomic mass is 10.2. The second-order valence-corrected chi connectivity index (χ2v) is 8.00. The molecule has 1 amide bonds. The van der Waals surface area contributed by atoms with Gasteiger partial charge in [-0.3, -0.25) is 9.59 Å². The van der Waals surface area contributed by atoms with Gasteiger partial charge in [0, 0.05) is 44.5 Å². The summed E-state index contributed by atoms with van der Waals surface area (Å²) in [5.41, 5.74) is 1.37. The molecule has 0 aromatic carbocycles. The van der Waals surface area contributed by atoms with Gasteiger partial charge in [0.15, 0.2) is 0 Å². The van der Waals surface area contributed by atoms with Crippen molar-refractivity contribution in [1.29, 1.82) is 0 Å². The number of carbonyl (C=O) groups is 1. The summed E-state index contributed by atoms with van der Waals surface area (Å²) in [6.45, 7) is 4.08. The number of rotatable bonds is 5. The summed E-state index contributed by atoms with van der Waals surface area (Å²) < 4.78 is 0. The summed E-state index contributed by atoms with van der Waals surface area (Å²) >= 11 is 1.54. The smallest absolute Gasteiger partial charge is 0.261 e. The quantitative estimate of drug-likeness (QED) is 0.675. The SMILES string of the molecule is CN1CCN(c2ncccc2CNC(=O)c2ccc(-c3cccs3)[nH]c2=O)CC1. The highest BCUT2D eigenvalue weighted by Gasteiger charge is 2.19. The van der Waals surface area contributed by atoms with Gasteiger partial charge < -0.3 is 20.1 Å². The van der Waals surface area contributed by atoms with Crippen molar-refractivity contribution in [2.24, 2.45) is 0 Å². The van der Waals surface area contributed by atoms with E-state index in [1.807, 2.05) is 29.6 Å². The Labute approximate surface area is 173 Å². The first-order valence-corrected chi connectivity index (χ1v) is 10.4. The Morgan fingerprint density at radius 1 is 1.17 bits per heavy atom. The third-order valence-electron chi connectivity index (χ3n) is 5.05. The summed E-state index contributed by atoms with van der Waals surface area (Å²) in [5, 5.41) is 4.81. The lowest BCUT2D eigenvalue weighted by molar-refractivity contribution is 0.0949. The summed E-state index contributed by atoms with van der Waals surface area (Å²) in [5.74, 6) is 0.500. The molecule has 4 rings (SSSR count). The van der Waals surface area contributed by atoms with Gasteiger partial charge in [-0.25, -0.2) is 4.98 Å². The maximum Gasteiger partial charge on any atom is 0.261 e. The zero-order valence-corrected chi connectivity index (χ0v) is 17.0. The van der Waals surface area contributed by atoms with E-state index in [9.17, 15) is 9.59 Å². The molecule has 0 bridgehead atoms. The van der Waals surface area contributed by atoms with Crippen LogP contribution in [0, 0.1) is 0 Å². The number of amides is 1. The molecule has 0 aliphatic carbocycles. The average molecular weight is 410 g/mol. The van der Waals surface area contributed by atoms with E-state index in [2.05, 4.69) is 32.1 Å². The van der Waals surface area contributed by atoms with Crippen LogP contribution in [0.4, 0.5) is 5.82 Å². The van der Waals surface area contributed by atoms with Crippen LogP contribution in [-0.4, -0.2) is 54.0 Å². The van der Waals surface area contributed by atoms with Gasteiger partial charge in [-0.2, -0.15) is 0 Å². The topological polar surface area (TPSA) is 81.3 Å². The number of anilines is 1. The number of aromatic amines is 1. The minimum Gasteiger partial charge on any atom is -0.354 e. The molecule has 150 valence electrons. The number of hydrogen-bond acceptors (Lipinski definition) is 6. The minimum absolute atomic E-state index is 0.107. The van der Waals surface area contributed by atoms with Gasteiger partial charge in [-0.1, -0.05) is 12.1 Å². The second kappa shape index (κ2) is 8.59. The third-order valence-corrected chi connectivity index (χ3v) is 5.95. The largest absolute Gasteiger partial charge is 0.354 e. The number of H-pyrrole nitrogens is 1. The van der Waals surface area contributed by atoms with Crippen LogP contribution in [0.25, 0.3) is 10.6 Å². The highest BCUT2D eigenvalue weighted by atomic mass is 32.1. The number of hydrogen-bond donors (Lipinski definition) is 2. The highest BCUT2D eigenvalue weighted by molar-refractivity contribution is 7.13. The first-order valence-electron chi connectivity index (χ1n) is 9.54. The Morgan fingerprint density at radius 2 is 2.00 bits per heavy atom. The van der Waals surface area contributed by atoms with Crippen molar-refractivity contribution < 1.29 is 4.79 Å². The molecule has 7 nitrogen and oxygen atoms in total. The number of pyridine rings is 2. The van der Waals surface area contributed by atoms with Gasteiger partial charge in [0.25, 0.3) is 11.5 Å². The molecule has 1 aliphatic rings.